The number of nitrogens with two attached hydrogens (primary N) is 1. The van der Waals surface area contributed by atoms with Gasteiger partial charge in [0.25, 0.3) is 0 Å². The monoisotopic (exact) mass is 282 g/mol. The summed E-state index contributed by atoms with van der Waals surface area (Å²) in [6.07, 6.45) is 0. The average Bonchev–Trinajstić information content (AvgIpc) is 2.36. The minimum absolute atomic E-state index is 0.113. The summed E-state index contributed by atoms with van der Waals surface area (Å²) >= 11 is 0. The van der Waals surface area contributed by atoms with Gasteiger partial charge in [0.05, 0.1) is 18.5 Å². The van der Waals surface area contributed by atoms with Crippen LogP contribution in [-0.2, 0) is 19.5 Å². The van der Waals surface area contributed by atoms with Crippen molar-refractivity contribution in [2.45, 2.75) is 26.0 Å². The van der Waals surface area contributed by atoms with Crippen molar-refractivity contribution >= 4 is 10.0 Å². The van der Waals surface area contributed by atoms with Crippen LogP contribution in [0.15, 0.2) is 0 Å². The van der Waals surface area contributed by atoms with E-state index < -0.39 is 15.3 Å². The second kappa shape index (κ2) is 9.69. The van der Waals surface area contributed by atoms with Crippen LogP contribution in [-0.4, -0.2) is 64.0 Å². The van der Waals surface area contributed by atoms with E-state index in [1.54, 1.807) is 6.92 Å². The van der Waals surface area contributed by atoms with Crippen LogP contribution in [0, 0.1) is 0 Å². The molecule has 0 bridgehead atoms. The minimum Gasteiger partial charge on any atom is -0.380 e. The predicted molar refractivity (Wildman–Crippen MR) is 72.0 cm³/mol. The molecule has 0 amide bonds. The SMILES string of the molecule is CCOCCN(CCOCC)S(=O)(=O)C(C)CN. The molecule has 0 aliphatic heterocycles. The molecule has 0 fully saturated rings. The Morgan fingerprint density at radius 1 is 1.11 bits per heavy atom. The van der Waals surface area contributed by atoms with Crippen LogP contribution in [0.2, 0.25) is 0 Å². The van der Waals surface area contributed by atoms with E-state index in [1.165, 1.54) is 4.31 Å². The highest BCUT2D eigenvalue weighted by atomic mass is 32.2. The molecule has 1 unspecified atom stereocenters. The van der Waals surface area contributed by atoms with Gasteiger partial charge < -0.3 is 15.2 Å². The number of hydrogen-bond acceptors (Lipinski definition) is 5. The fourth-order valence-corrected chi connectivity index (χ4v) is 2.77. The van der Waals surface area contributed by atoms with Gasteiger partial charge in [-0.1, -0.05) is 0 Å². The lowest BCUT2D eigenvalue weighted by atomic mass is 10.5. The summed E-state index contributed by atoms with van der Waals surface area (Å²) in [6.45, 7) is 8.09. The minimum atomic E-state index is -3.36. The molecule has 7 heteroatoms. The molecule has 2 N–H and O–H groups in total. The Bertz CT molecular complexity index is 285. The number of rotatable bonds is 11. The van der Waals surface area contributed by atoms with Gasteiger partial charge in [-0.25, -0.2) is 8.42 Å². The first-order valence-corrected chi connectivity index (χ1v) is 7.85. The number of sulfonamides is 1. The van der Waals surface area contributed by atoms with Crippen molar-refractivity contribution < 1.29 is 17.9 Å². The van der Waals surface area contributed by atoms with Gasteiger partial charge in [0.2, 0.25) is 10.0 Å². The van der Waals surface area contributed by atoms with Crippen molar-refractivity contribution in [1.82, 2.24) is 4.31 Å². The van der Waals surface area contributed by atoms with Gasteiger partial charge in [-0.15, -0.1) is 0 Å². The zero-order valence-corrected chi connectivity index (χ0v) is 12.4. The van der Waals surface area contributed by atoms with Crippen LogP contribution in [0.5, 0.6) is 0 Å². The fraction of sp³-hybridized carbons (Fsp3) is 1.00. The highest BCUT2D eigenvalue weighted by molar-refractivity contribution is 7.89. The molecular formula is C11H26N2O4S. The molecular weight excluding hydrogens is 256 g/mol. The van der Waals surface area contributed by atoms with Gasteiger partial charge in [-0.3, -0.25) is 0 Å². The van der Waals surface area contributed by atoms with Gasteiger partial charge in [0, 0.05) is 32.8 Å². The molecule has 6 nitrogen and oxygen atoms in total. The molecule has 0 aromatic rings. The zero-order valence-electron chi connectivity index (χ0n) is 11.6. The number of nitrogens with zero attached hydrogens (tertiary/aromatic N) is 1. The average molecular weight is 282 g/mol. The first kappa shape index (κ1) is 17.8. The van der Waals surface area contributed by atoms with E-state index in [2.05, 4.69) is 0 Å². The van der Waals surface area contributed by atoms with E-state index in [9.17, 15) is 8.42 Å². The second-order valence-corrected chi connectivity index (χ2v) is 6.24. The summed E-state index contributed by atoms with van der Waals surface area (Å²) in [5, 5.41) is -0.583. The van der Waals surface area contributed by atoms with Crippen LogP contribution in [0.4, 0.5) is 0 Å². The largest absolute Gasteiger partial charge is 0.380 e. The highest BCUT2D eigenvalue weighted by Gasteiger charge is 2.27. The second-order valence-electron chi connectivity index (χ2n) is 3.88. The first-order valence-electron chi connectivity index (χ1n) is 6.35. The van der Waals surface area contributed by atoms with Crippen molar-refractivity contribution in [2.24, 2.45) is 5.73 Å². The van der Waals surface area contributed by atoms with Gasteiger partial charge in [0.15, 0.2) is 0 Å². The van der Waals surface area contributed by atoms with Crippen molar-refractivity contribution in [1.29, 1.82) is 0 Å². The summed E-state index contributed by atoms with van der Waals surface area (Å²) in [5.74, 6) is 0. The molecule has 0 aliphatic carbocycles. The van der Waals surface area contributed by atoms with E-state index in [0.717, 1.165) is 0 Å². The topological polar surface area (TPSA) is 81.9 Å². The molecule has 110 valence electrons. The quantitative estimate of drug-likeness (QED) is 0.541. The van der Waals surface area contributed by atoms with Crippen molar-refractivity contribution in [2.75, 3.05) is 46.1 Å². The molecule has 0 saturated carbocycles. The van der Waals surface area contributed by atoms with Gasteiger partial charge in [0.1, 0.15) is 0 Å². The molecule has 0 aromatic carbocycles. The maximum Gasteiger partial charge on any atom is 0.218 e. The van der Waals surface area contributed by atoms with Crippen molar-refractivity contribution in [3.05, 3.63) is 0 Å². The van der Waals surface area contributed by atoms with Crippen molar-refractivity contribution in [3.63, 3.8) is 0 Å². The van der Waals surface area contributed by atoms with Crippen LogP contribution >= 0.6 is 0 Å². The lowest BCUT2D eigenvalue weighted by molar-refractivity contribution is 0.110. The number of hydrogen-bond donors (Lipinski definition) is 1. The van der Waals surface area contributed by atoms with Crippen LogP contribution in [0.3, 0.4) is 0 Å². The maximum absolute atomic E-state index is 12.2. The Kier molecular flexibility index (Phi) is 9.57. The summed E-state index contributed by atoms with van der Waals surface area (Å²) in [7, 11) is -3.36. The Labute approximate surface area is 110 Å². The van der Waals surface area contributed by atoms with E-state index in [1.807, 2.05) is 13.8 Å². The zero-order chi connectivity index (χ0) is 14.0. The number of ether oxygens (including phenoxy) is 2. The predicted octanol–water partition coefficient (Wildman–Crippen LogP) is 0.0384. The smallest absolute Gasteiger partial charge is 0.218 e. The van der Waals surface area contributed by atoms with Crippen molar-refractivity contribution in [3.8, 4) is 0 Å². The molecule has 18 heavy (non-hydrogen) atoms. The molecule has 0 aromatic heterocycles. The molecule has 0 aliphatic rings. The molecule has 0 heterocycles. The normalized spacial score (nSPS) is 14.1. The lowest BCUT2D eigenvalue weighted by Crippen LogP contribution is -2.43. The van der Waals surface area contributed by atoms with E-state index in [4.69, 9.17) is 15.2 Å². The standard InChI is InChI=1S/C11H26N2O4S/c1-4-16-8-6-13(7-9-17-5-2)18(14,15)11(3)10-12/h11H,4-10,12H2,1-3H3. The lowest BCUT2D eigenvalue weighted by Gasteiger charge is -2.25. The molecule has 0 spiro atoms. The third-order valence-corrected chi connectivity index (χ3v) is 4.87. The summed E-state index contributed by atoms with van der Waals surface area (Å²) < 4.78 is 36.2. The van der Waals surface area contributed by atoms with Crippen LogP contribution in [0.25, 0.3) is 0 Å². The summed E-state index contributed by atoms with van der Waals surface area (Å²) in [4.78, 5) is 0. The Balaban J connectivity index is 4.52. The third kappa shape index (κ3) is 6.10. The molecule has 1 atom stereocenters. The fourth-order valence-electron chi connectivity index (χ4n) is 1.36. The molecule has 0 saturated heterocycles. The summed E-state index contributed by atoms with van der Waals surface area (Å²) in [6, 6.07) is 0. The first-order chi connectivity index (χ1) is 8.50. The van der Waals surface area contributed by atoms with Gasteiger partial charge in [-0.2, -0.15) is 4.31 Å². The molecule has 0 radical (unpaired) electrons. The van der Waals surface area contributed by atoms with Gasteiger partial charge in [-0.05, 0) is 20.8 Å². The van der Waals surface area contributed by atoms with E-state index >= 15 is 0 Å². The Morgan fingerprint density at radius 3 is 1.89 bits per heavy atom. The van der Waals surface area contributed by atoms with E-state index in [0.29, 0.717) is 39.5 Å². The Morgan fingerprint density at radius 2 is 1.56 bits per heavy atom. The maximum atomic E-state index is 12.2. The van der Waals surface area contributed by atoms with E-state index in [-0.39, 0.29) is 6.54 Å². The summed E-state index contributed by atoms with van der Waals surface area (Å²) in [5.41, 5.74) is 5.44. The third-order valence-electron chi connectivity index (χ3n) is 2.58. The Hall–Kier alpha value is -0.210. The van der Waals surface area contributed by atoms with Gasteiger partial charge >= 0.3 is 0 Å². The molecule has 0 rings (SSSR count). The highest BCUT2D eigenvalue weighted by Crippen LogP contribution is 2.08. The van der Waals surface area contributed by atoms with Crippen LogP contribution in [0.1, 0.15) is 20.8 Å². The van der Waals surface area contributed by atoms with Crippen LogP contribution < -0.4 is 5.73 Å².